The third-order valence-electron chi connectivity index (χ3n) is 6.25. The highest BCUT2D eigenvalue weighted by atomic mass is 16.5. The van der Waals surface area contributed by atoms with Crippen LogP contribution in [0.3, 0.4) is 0 Å². The Hall–Kier alpha value is -3.42. The summed E-state index contributed by atoms with van der Waals surface area (Å²) in [6, 6.07) is 11.1. The number of carbonyl (C=O) groups is 2. The second-order valence-electron chi connectivity index (χ2n) is 8.18. The topological polar surface area (TPSA) is 132 Å². The monoisotopic (exact) mass is 437 g/mol. The minimum absolute atomic E-state index is 0.146. The van der Waals surface area contributed by atoms with Crippen LogP contribution in [0.2, 0.25) is 0 Å². The molecule has 3 N–H and O–H groups in total. The number of pyridine rings is 1. The molecular weight excluding hydrogens is 408 g/mol. The summed E-state index contributed by atoms with van der Waals surface area (Å²) in [7, 11) is 0. The Morgan fingerprint density at radius 3 is 2.50 bits per heavy atom. The van der Waals surface area contributed by atoms with E-state index in [1.807, 2.05) is 44.2 Å². The summed E-state index contributed by atoms with van der Waals surface area (Å²) in [5, 5.41) is 4.29. The van der Waals surface area contributed by atoms with Crippen LogP contribution in [0, 0.1) is 12.3 Å². The lowest BCUT2D eigenvalue weighted by atomic mass is 9.67. The number of benzene rings is 1. The van der Waals surface area contributed by atoms with Crippen LogP contribution in [-0.2, 0) is 16.1 Å². The van der Waals surface area contributed by atoms with Crippen LogP contribution in [0.5, 0.6) is 0 Å². The van der Waals surface area contributed by atoms with Crippen molar-refractivity contribution < 1.29 is 14.1 Å². The molecule has 2 unspecified atom stereocenters. The Kier molecular flexibility index (Phi) is 6.81. The number of hydrogen-bond acceptors (Lipinski definition) is 5. The molecule has 3 rings (SSSR count). The van der Waals surface area contributed by atoms with E-state index >= 15 is 0 Å². The van der Waals surface area contributed by atoms with E-state index in [4.69, 9.17) is 16.0 Å². The first-order valence-corrected chi connectivity index (χ1v) is 10.9. The van der Waals surface area contributed by atoms with Crippen LogP contribution < -0.4 is 17.0 Å². The van der Waals surface area contributed by atoms with E-state index in [0.29, 0.717) is 29.6 Å². The van der Waals surface area contributed by atoms with E-state index in [9.17, 15) is 14.4 Å². The third kappa shape index (κ3) is 3.92. The van der Waals surface area contributed by atoms with Crippen molar-refractivity contribution in [2.75, 3.05) is 0 Å². The average Bonchev–Trinajstić information content (AvgIpc) is 3.14. The van der Waals surface area contributed by atoms with Crippen molar-refractivity contribution >= 4 is 22.8 Å². The zero-order valence-corrected chi connectivity index (χ0v) is 18.7. The van der Waals surface area contributed by atoms with Gasteiger partial charge in [-0.25, -0.2) is 0 Å². The zero-order chi connectivity index (χ0) is 23.5. The number of nitrogens with two attached hydrogens (primary N) is 1. The van der Waals surface area contributed by atoms with Crippen LogP contribution in [0.1, 0.15) is 62.4 Å². The number of aryl methyl sites for hydroxylation is 1. The second-order valence-corrected chi connectivity index (χ2v) is 8.18. The number of nitrogens with zero attached hydrogens (tertiary/aromatic N) is 2. The van der Waals surface area contributed by atoms with E-state index < -0.39 is 23.1 Å². The number of fused-ring (bicyclic) bond motifs is 1. The first-order chi connectivity index (χ1) is 15.3. The summed E-state index contributed by atoms with van der Waals surface area (Å²) in [5.74, 6) is -2.63. The van der Waals surface area contributed by atoms with Gasteiger partial charge in [0.2, 0.25) is 5.91 Å². The van der Waals surface area contributed by atoms with E-state index in [2.05, 4.69) is 5.16 Å². The number of primary amides is 1. The van der Waals surface area contributed by atoms with Crippen molar-refractivity contribution in [1.29, 1.82) is 0 Å². The van der Waals surface area contributed by atoms with Crippen molar-refractivity contribution in [3.05, 3.63) is 63.7 Å². The van der Waals surface area contributed by atoms with Crippen LogP contribution in [0.25, 0.3) is 11.0 Å². The van der Waals surface area contributed by atoms with Crippen molar-refractivity contribution in [2.24, 2.45) is 11.1 Å². The minimum atomic E-state index is -1.74. The molecule has 1 radical (unpaired) electrons. The van der Waals surface area contributed by atoms with Gasteiger partial charge in [-0.05, 0) is 25.3 Å². The lowest BCUT2D eigenvalue weighted by Gasteiger charge is -2.36. The SMILES string of the molecule is CCCCC(C([NH])=O)(C(N)=O)C(CC)c1cc2onc(C)c2c(=O)n1Cc1ccccc1. The number of unbranched alkanes of at least 4 members (excludes halogenated alkanes) is 1. The Morgan fingerprint density at radius 2 is 1.94 bits per heavy atom. The maximum atomic E-state index is 13.6. The van der Waals surface area contributed by atoms with E-state index in [-0.39, 0.29) is 24.1 Å². The quantitative estimate of drug-likeness (QED) is 0.486. The van der Waals surface area contributed by atoms with E-state index in [1.165, 1.54) is 0 Å². The largest absolute Gasteiger partial charge is 0.369 e. The zero-order valence-electron chi connectivity index (χ0n) is 18.7. The van der Waals surface area contributed by atoms with Gasteiger partial charge in [-0.2, -0.15) is 0 Å². The molecule has 32 heavy (non-hydrogen) atoms. The summed E-state index contributed by atoms with van der Waals surface area (Å²) < 4.78 is 6.93. The molecule has 0 spiro atoms. The summed E-state index contributed by atoms with van der Waals surface area (Å²) in [4.78, 5) is 38.9. The molecule has 2 heterocycles. The summed E-state index contributed by atoms with van der Waals surface area (Å²) in [6.07, 6.45) is 1.77. The summed E-state index contributed by atoms with van der Waals surface area (Å²) >= 11 is 0. The number of rotatable bonds is 10. The van der Waals surface area contributed by atoms with Gasteiger partial charge in [-0.15, -0.1) is 0 Å². The van der Waals surface area contributed by atoms with Gasteiger partial charge in [0.05, 0.1) is 12.2 Å². The van der Waals surface area contributed by atoms with Crippen molar-refractivity contribution in [3.8, 4) is 0 Å². The molecule has 0 aliphatic heterocycles. The molecule has 169 valence electrons. The van der Waals surface area contributed by atoms with Gasteiger partial charge in [-0.3, -0.25) is 20.1 Å². The van der Waals surface area contributed by atoms with Gasteiger partial charge in [0.25, 0.3) is 11.5 Å². The molecule has 0 aliphatic carbocycles. The highest BCUT2D eigenvalue weighted by molar-refractivity contribution is 6.04. The molecule has 2 amide bonds. The maximum Gasteiger partial charge on any atom is 0.264 e. The number of aromatic nitrogens is 2. The van der Waals surface area contributed by atoms with Crippen molar-refractivity contribution in [3.63, 3.8) is 0 Å². The predicted octanol–water partition coefficient (Wildman–Crippen LogP) is 3.31. The molecule has 2 atom stereocenters. The van der Waals surface area contributed by atoms with Crippen LogP contribution in [-0.4, -0.2) is 21.5 Å². The van der Waals surface area contributed by atoms with Crippen LogP contribution in [0.15, 0.2) is 45.7 Å². The summed E-state index contributed by atoms with van der Waals surface area (Å²) in [6.45, 7) is 5.69. The highest BCUT2D eigenvalue weighted by Gasteiger charge is 2.50. The Morgan fingerprint density at radius 1 is 1.25 bits per heavy atom. The molecule has 3 aromatic rings. The van der Waals surface area contributed by atoms with Gasteiger partial charge in [0.1, 0.15) is 10.8 Å². The van der Waals surface area contributed by atoms with Gasteiger partial charge in [0, 0.05) is 17.7 Å². The van der Waals surface area contributed by atoms with E-state index in [1.54, 1.807) is 17.6 Å². The number of nitrogens with one attached hydrogen (secondary N) is 1. The van der Waals surface area contributed by atoms with Crippen molar-refractivity contribution in [1.82, 2.24) is 15.5 Å². The molecule has 8 heteroatoms. The van der Waals surface area contributed by atoms with Gasteiger partial charge >= 0.3 is 0 Å². The van der Waals surface area contributed by atoms with Crippen molar-refractivity contribution in [2.45, 2.75) is 58.9 Å². The Balaban J connectivity index is 2.32. The van der Waals surface area contributed by atoms with Crippen LogP contribution in [0.4, 0.5) is 0 Å². The first-order valence-electron chi connectivity index (χ1n) is 10.9. The fourth-order valence-electron chi connectivity index (χ4n) is 4.55. The molecule has 0 fully saturated rings. The fourth-order valence-corrected chi connectivity index (χ4v) is 4.55. The third-order valence-corrected chi connectivity index (χ3v) is 6.25. The molecule has 0 bridgehead atoms. The van der Waals surface area contributed by atoms with Gasteiger partial charge < -0.3 is 14.8 Å². The molecule has 1 aromatic carbocycles. The molecule has 2 aromatic heterocycles. The highest BCUT2D eigenvalue weighted by Crippen LogP contribution is 2.43. The fraction of sp³-hybridized carbons (Fsp3) is 0.417. The molecule has 8 nitrogen and oxygen atoms in total. The lowest BCUT2D eigenvalue weighted by Crippen LogP contribution is -2.50. The normalized spacial score (nSPS) is 12.7. The standard InChI is InChI=1S/C24H29N4O4/c1-4-6-12-24(22(25)30,23(26)31)17(5-2)18-13-19-20(15(3)27-32-19)21(29)28(18)14-16-10-8-7-9-11-16/h7-11,13,17,25H,4-6,12,14H2,1-3H3,(H2,26,31). The van der Waals surface area contributed by atoms with E-state index in [0.717, 1.165) is 12.0 Å². The molecule has 0 aliphatic rings. The van der Waals surface area contributed by atoms with Crippen LogP contribution >= 0.6 is 0 Å². The van der Waals surface area contributed by atoms with Gasteiger partial charge in [0.15, 0.2) is 5.58 Å². The smallest absolute Gasteiger partial charge is 0.264 e. The molecule has 0 saturated carbocycles. The Bertz CT molecular complexity index is 1170. The predicted molar refractivity (Wildman–Crippen MR) is 121 cm³/mol. The average molecular weight is 438 g/mol. The first kappa shape index (κ1) is 23.2. The van der Waals surface area contributed by atoms with Gasteiger partial charge in [-0.1, -0.05) is 62.2 Å². The Labute approximate surface area is 186 Å². The summed E-state index contributed by atoms with van der Waals surface area (Å²) in [5.41, 5.74) is 13.8. The molecular formula is C24H29N4O4. The number of hydrogen-bond donors (Lipinski definition) is 1. The number of carbonyl (C=O) groups excluding carboxylic acids is 2. The molecule has 0 saturated heterocycles. The maximum absolute atomic E-state index is 13.6. The second kappa shape index (κ2) is 9.38. The minimum Gasteiger partial charge on any atom is -0.369 e. The number of amides is 2. The lowest BCUT2D eigenvalue weighted by molar-refractivity contribution is -0.142.